The number of hydrogen-bond acceptors (Lipinski definition) is 6. The second-order valence-corrected chi connectivity index (χ2v) is 9.55. The van der Waals surface area contributed by atoms with Crippen molar-refractivity contribution in [2.75, 3.05) is 26.5 Å². The molecule has 2 aromatic carbocycles. The van der Waals surface area contributed by atoms with Gasteiger partial charge < -0.3 is 18.8 Å². The van der Waals surface area contributed by atoms with Gasteiger partial charge in [0.05, 0.1) is 18.7 Å². The van der Waals surface area contributed by atoms with Crippen LogP contribution in [-0.2, 0) is 0 Å². The number of halogens is 2. The standard InChI is InChI=1S/C21H17Br2NO5S/c1-27-16-4-3-11(9-17(16)28-2)20-24(5-6-30-20)19(25)14-8-12-7-13(22)10-15(23)18(12)29-21(14)26/h3-4,7-10,20H,5-6H2,1-2H3/t20-/m0/s1. The smallest absolute Gasteiger partial charge is 0.349 e. The van der Waals surface area contributed by atoms with Gasteiger partial charge in [0.15, 0.2) is 17.1 Å². The topological polar surface area (TPSA) is 69.0 Å². The highest BCUT2D eigenvalue weighted by atomic mass is 79.9. The number of methoxy groups -OCH3 is 2. The van der Waals surface area contributed by atoms with E-state index in [9.17, 15) is 9.59 Å². The molecule has 1 aliphatic rings. The van der Waals surface area contributed by atoms with Gasteiger partial charge in [-0.2, -0.15) is 0 Å². The van der Waals surface area contributed by atoms with Crippen molar-refractivity contribution in [3.8, 4) is 11.5 Å². The van der Waals surface area contributed by atoms with Crippen LogP contribution in [0.15, 0.2) is 54.6 Å². The monoisotopic (exact) mass is 553 g/mol. The van der Waals surface area contributed by atoms with E-state index in [1.165, 1.54) is 0 Å². The van der Waals surface area contributed by atoms with Crippen LogP contribution in [0.3, 0.4) is 0 Å². The van der Waals surface area contributed by atoms with E-state index >= 15 is 0 Å². The molecule has 6 nitrogen and oxygen atoms in total. The number of fused-ring (bicyclic) bond motifs is 1. The van der Waals surface area contributed by atoms with Crippen molar-refractivity contribution in [2.45, 2.75) is 5.37 Å². The minimum absolute atomic E-state index is 0.0143. The van der Waals surface area contributed by atoms with Gasteiger partial charge in [-0.3, -0.25) is 4.79 Å². The van der Waals surface area contributed by atoms with Crippen LogP contribution in [0.5, 0.6) is 11.5 Å². The van der Waals surface area contributed by atoms with Crippen LogP contribution in [0.2, 0.25) is 0 Å². The zero-order valence-electron chi connectivity index (χ0n) is 16.1. The Morgan fingerprint density at radius 1 is 1.13 bits per heavy atom. The lowest BCUT2D eigenvalue weighted by atomic mass is 10.1. The number of benzene rings is 2. The first-order chi connectivity index (χ1) is 14.4. The summed E-state index contributed by atoms with van der Waals surface area (Å²) in [5.41, 5.74) is 0.671. The Morgan fingerprint density at radius 2 is 1.90 bits per heavy atom. The highest BCUT2D eigenvalue weighted by molar-refractivity contribution is 9.11. The Balaban J connectivity index is 1.72. The zero-order chi connectivity index (χ0) is 21.4. The van der Waals surface area contributed by atoms with E-state index < -0.39 is 5.63 Å². The lowest BCUT2D eigenvalue weighted by Crippen LogP contribution is -2.33. The molecule has 30 heavy (non-hydrogen) atoms. The molecule has 0 saturated carbocycles. The Kier molecular flexibility index (Phi) is 6.13. The average Bonchev–Trinajstić information content (AvgIpc) is 3.22. The molecule has 9 heteroatoms. The fourth-order valence-electron chi connectivity index (χ4n) is 3.42. The van der Waals surface area contributed by atoms with E-state index in [2.05, 4.69) is 31.9 Å². The molecule has 1 atom stereocenters. The summed E-state index contributed by atoms with van der Waals surface area (Å²) in [4.78, 5) is 27.6. The number of ether oxygens (including phenoxy) is 2. The summed E-state index contributed by atoms with van der Waals surface area (Å²) in [6.45, 7) is 0.530. The number of nitrogens with zero attached hydrogens (tertiary/aromatic N) is 1. The summed E-state index contributed by atoms with van der Waals surface area (Å²) < 4.78 is 17.6. The summed E-state index contributed by atoms with van der Waals surface area (Å²) in [6, 6.07) is 10.8. The molecular formula is C21H17Br2NO5S. The lowest BCUT2D eigenvalue weighted by Gasteiger charge is -2.24. The summed E-state index contributed by atoms with van der Waals surface area (Å²) in [5, 5.41) is 0.426. The molecule has 1 saturated heterocycles. The molecule has 0 spiro atoms. The number of rotatable bonds is 4. The van der Waals surface area contributed by atoms with Gasteiger partial charge in [-0.25, -0.2) is 4.79 Å². The van der Waals surface area contributed by atoms with Crippen LogP contribution in [0.4, 0.5) is 0 Å². The summed E-state index contributed by atoms with van der Waals surface area (Å²) in [7, 11) is 3.15. The first-order valence-corrected chi connectivity index (χ1v) is 11.6. The van der Waals surface area contributed by atoms with Crippen LogP contribution >= 0.6 is 43.6 Å². The van der Waals surface area contributed by atoms with E-state index in [1.54, 1.807) is 43.0 Å². The van der Waals surface area contributed by atoms with Crippen LogP contribution in [0.1, 0.15) is 21.3 Å². The van der Waals surface area contributed by atoms with Crippen molar-refractivity contribution >= 4 is 60.5 Å². The van der Waals surface area contributed by atoms with Gasteiger partial charge in [0, 0.05) is 22.2 Å². The van der Waals surface area contributed by atoms with E-state index in [-0.39, 0.29) is 16.8 Å². The van der Waals surface area contributed by atoms with E-state index in [4.69, 9.17) is 13.9 Å². The molecule has 2 heterocycles. The normalized spacial score (nSPS) is 16.1. The zero-order valence-corrected chi connectivity index (χ0v) is 20.1. The maximum Gasteiger partial charge on any atom is 0.349 e. The first-order valence-electron chi connectivity index (χ1n) is 9.00. The Morgan fingerprint density at radius 3 is 2.63 bits per heavy atom. The van der Waals surface area contributed by atoms with Gasteiger partial charge in [0.25, 0.3) is 5.91 Å². The third-order valence-corrected chi connectivity index (χ3v) is 7.13. The van der Waals surface area contributed by atoms with Gasteiger partial charge in [-0.05, 0) is 51.8 Å². The van der Waals surface area contributed by atoms with Gasteiger partial charge >= 0.3 is 5.63 Å². The molecule has 156 valence electrons. The predicted molar refractivity (Wildman–Crippen MR) is 124 cm³/mol. The Labute approximate surface area is 193 Å². The molecule has 1 aromatic heterocycles. The summed E-state index contributed by atoms with van der Waals surface area (Å²) in [6.07, 6.45) is 0. The first kappa shape index (κ1) is 21.3. The summed E-state index contributed by atoms with van der Waals surface area (Å²) >= 11 is 8.45. The third kappa shape index (κ3) is 3.86. The fourth-order valence-corrected chi connectivity index (χ4v) is 6.01. The van der Waals surface area contributed by atoms with Gasteiger partial charge in [0.1, 0.15) is 10.9 Å². The molecule has 1 amide bonds. The number of thioether (sulfide) groups is 1. The van der Waals surface area contributed by atoms with Crippen molar-refractivity contribution in [2.24, 2.45) is 0 Å². The number of hydrogen-bond donors (Lipinski definition) is 0. The molecule has 0 N–H and O–H groups in total. The predicted octanol–water partition coefficient (Wildman–Crippen LogP) is 5.22. The van der Waals surface area contributed by atoms with Crippen LogP contribution in [0, 0.1) is 0 Å². The second-order valence-electron chi connectivity index (χ2n) is 6.59. The second kappa shape index (κ2) is 8.64. The molecule has 0 radical (unpaired) electrons. The van der Waals surface area contributed by atoms with E-state index in [0.717, 1.165) is 15.8 Å². The minimum Gasteiger partial charge on any atom is -0.493 e. The van der Waals surface area contributed by atoms with Crippen LogP contribution in [-0.4, -0.2) is 37.3 Å². The molecule has 0 aliphatic carbocycles. The summed E-state index contributed by atoms with van der Waals surface area (Å²) in [5.74, 6) is 1.62. The number of amides is 1. The molecule has 1 fully saturated rings. The molecular weight excluding hydrogens is 538 g/mol. The van der Waals surface area contributed by atoms with Gasteiger partial charge in [-0.15, -0.1) is 11.8 Å². The van der Waals surface area contributed by atoms with E-state index in [1.807, 2.05) is 24.3 Å². The SMILES string of the molecule is COc1ccc([C@@H]2SCCN2C(=O)c2cc3cc(Br)cc(Br)c3oc2=O)cc1OC. The number of carbonyl (C=O) groups excluding carboxylic acids is 1. The molecule has 0 bridgehead atoms. The third-order valence-electron chi connectivity index (χ3n) is 4.83. The van der Waals surface area contributed by atoms with Gasteiger partial charge in [0.2, 0.25) is 0 Å². The van der Waals surface area contributed by atoms with Crippen molar-refractivity contribution in [3.05, 3.63) is 66.9 Å². The minimum atomic E-state index is -0.654. The Hall–Kier alpha value is -1.97. The van der Waals surface area contributed by atoms with Crippen LogP contribution in [0.25, 0.3) is 11.0 Å². The fraction of sp³-hybridized carbons (Fsp3) is 0.238. The van der Waals surface area contributed by atoms with Crippen molar-refractivity contribution < 1.29 is 18.7 Å². The maximum atomic E-state index is 13.3. The van der Waals surface area contributed by atoms with E-state index in [0.29, 0.717) is 33.5 Å². The maximum absolute atomic E-state index is 13.3. The quantitative estimate of drug-likeness (QED) is 0.412. The molecule has 0 unspecified atom stereocenters. The van der Waals surface area contributed by atoms with Crippen molar-refractivity contribution in [1.82, 2.24) is 4.90 Å². The van der Waals surface area contributed by atoms with Gasteiger partial charge in [-0.1, -0.05) is 22.0 Å². The molecule has 1 aliphatic heterocycles. The molecule has 3 aromatic rings. The Bertz CT molecular complexity index is 1200. The van der Waals surface area contributed by atoms with Crippen molar-refractivity contribution in [3.63, 3.8) is 0 Å². The molecule has 4 rings (SSSR count). The number of carbonyl (C=O) groups is 1. The lowest BCUT2D eigenvalue weighted by molar-refractivity contribution is 0.0756. The van der Waals surface area contributed by atoms with Crippen LogP contribution < -0.4 is 15.1 Å². The largest absolute Gasteiger partial charge is 0.493 e. The highest BCUT2D eigenvalue weighted by Gasteiger charge is 2.33. The highest BCUT2D eigenvalue weighted by Crippen LogP contribution is 2.41. The van der Waals surface area contributed by atoms with Crippen molar-refractivity contribution in [1.29, 1.82) is 0 Å². The average molecular weight is 555 g/mol.